The van der Waals surface area contributed by atoms with Crippen LogP contribution in [0.15, 0.2) is 53.4 Å². The number of anilines is 1. The van der Waals surface area contributed by atoms with Crippen LogP contribution in [0.2, 0.25) is 0 Å². The lowest BCUT2D eigenvalue weighted by atomic mass is 9.94. The van der Waals surface area contributed by atoms with E-state index in [0.717, 1.165) is 31.6 Å². The Morgan fingerprint density at radius 3 is 2.41 bits per heavy atom. The molecule has 1 saturated heterocycles. The minimum absolute atomic E-state index is 0.0375. The van der Waals surface area contributed by atoms with Crippen molar-refractivity contribution in [3.8, 4) is 0 Å². The third kappa shape index (κ3) is 4.84. The second-order valence-electron chi connectivity index (χ2n) is 6.69. The minimum atomic E-state index is -3.82. The number of halogens is 1. The largest absolute Gasteiger partial charge is 0.348 e. The van der Waals surface area contributed by atoms with Crippen molar-refractivity contribution in [2.75, 3.05) is 17.8 Å². The number of piperidine rings is 1. The first-order valence-electron chi connectivity index (χ1n) is 8.75. The molecule has 1 amide bonds. The van der Waals surface area contributed by atoms with Gasteiger partial charge in [0.05, 0.1) is 4.90 Å². The average molecular weight is 391 g/mol. The fraction of sp³-hybridized carbons (Fsp3) is 0.316. The number of hydrogen-bond acceptors (Lipinski definition) is 4. The fourth-order valence-corrected chi connectivity index (χ4v) is 4.01. The fourth-order valence-electron chi connectivity index (χ4n) is 2.95. The molecule has 0 radical (unpaired) electrons. The SMILES string of the molecule is CC1CCNCC1NC(=O)c1ccc(NS(=O)(=O)c2ccc(F)cc2)cc1. The number of amides is 1. The van der Waals surface area contributed by atoms with Gasteiger partial charge >= 0.3 is 0 Å². The predicted molar refractivity (Wildman–Crippen MR) is 102 cm³/mol. The van der Waals surface area contributed by atoms with E-state index in [1.165, 1.54) is 24.3 Å². The standard InChI is InChI=1S/C19H22FN3O3S/c1-13-10-11-21-12-18(13)22-19(24)14-2-6-16(7-3-14)23-27(25,26)17-8-4-15(20)5-9-17/h2-9,13,18,21,23H,10-12H2,1H3,(H,22,24). The molecule has 3 N–H and O–H groups in total. The molecule has 2 unspecified atom stereocenters. The molecule has 2 aromatic carbocycles. The van der Waals surface area contributed by atoms with Crippen molar-refractivity contribution in [2.45, 2.75) is 24.3 Å². The molecule has 1 heterocycles. The maximum absolute atomic E-state index is 13.0. The summed E-state index contributed by atoms with van der Waals surface area (Å²) in [5.41, 5.74) is 0.779. The monoisotopic (exact) mass is 391 g/mol. The van der Waals surface area contributed by atoms with Crippen molar-refractivity contribution < 1.29 is 17.6 Å². The van der Waals surface area contributed by atoms with Gasteiger partial charge in [0.25, 0.3) is 15.9 Å². The molecule has 6 nitrogen and oxygen atoms in total. The predicted octanol–water partition coefficient (Wildman–Crippen LogP) is 2.35. The molecule has 144 valence electrons. The number of benzene rings is 2. The lowest BCUT2D eigenvalue weighted by Crippen LogP contribution is -2.50. The number of nitrogens with one attached hydrogen (secondary N) is 3. The van der Waals surface area contributed by atoms with Crippen LogP contribution in [0.5, 0.6) is 0 Å². The zero-order valence-electron chi connectivity index (χ0n) is 14.9. The van der Waals surface area contributed by atoms with Crippen molar-refractivity contribution in [2.24, 2.45) is 5.92 Å². The first-order chi connectivity index (χ1) is 12.8. The van der Waals surface area contributed by atoms with Crippen LogP contribution in [0.4, 0.5) is 10.1 Å². The molecule has 0 spiro atoms. The Morgan fingerprint density at radius 1 is 1.11 bits per heavy atom. The topological polar surface area (TPSA) is 87.3 Å². The van der Waals surface area contributed by atoms with Crippen molar-refractivity contribution in [1.29, 1.82) is 0 Å². The van der Waals surface area contributed by atoms with Gasteiger partial charge in [-0.2, -0.15) is 0 Å². The summed E-state index contributed by atoms with van der Waals surface area (Å²) in [5, 5.41) is 6.27. The van der Waals surface area contributed by atoms with Gasteiger partial charge < -0.3 is 10.6 Å². The quantitative estimate of drug-likeness (QED) is 0.730. The van der Waals surface area contributed by atoms with Crippen molar-refractivity contribution >= 4 is 21.6 Å². The van der Waals surface area contributed by atoms with Crippen molar-refractivity contribution in [3.63, 3.8) is 0 Å². The Kier molecular flexibility index (Phi) is 5.76. The highest BCUT2D eigenvalue weighted by Gasteiger charge is 2.23. The summed E-state index contributed by atoms with van der Waals surface area (Å²) in [4.78, 5) is 12.4. The summed E-state index contributed by atoms with van der Waals surface area (Å²) in [6, 6.07) is 10.8. The highest BCUT2D eigenvalue weighted by molar-refractivity contribution is 7.92. The molecule has 2 atom stereocenters. The van der Waals surface area contributed by atoms with E-state index in [2.05, 4.69) is 22.3 Å². The van der Waals surface area contributed by atoms with E-state index in [-0.39, 0.29) is 16.8 Å². The number of carbonyl (C=O) groups excluding carboxylic acids is 1. The first kappa shape index (κ1) is 19.3. The van der Waals surface area contributed by atoms with Gasteiger partial charge in [0.2, 0.25) is 0 Å². The van der Waals surface area contributed by atoms with Crippen LogP contribution in [-0.4, -0.2) is 33.5 Å². The number of rotatable bonds is 5. The number of hydrogen-bond donors (Lipinski definition) is 3. The van der Waals surface area contributed by atoms with Gasteiger partial charge in [0, 0.05) is 23.8 Å². The van der Waals surface area contributed by atoms with Crippen LogP contribution in [0.3, 0.4) is 0 Å². The summed E-state index contributed by atoms with van der Waals surface area (Å²) in [7, 11) is -3.82. The Balaban J connectivity index is 1.66. The summed E-state index contributed by atoms with van der Waals surface area (Å²) in [5.74, 6) is -0.299. The molecule has 0 aliphatic carbocycles. The van der Waals surface area contributed by atoms with Gasteiger partial charge in [-0.25, -0.2) is 12.8 Å². The van der Waals surface area contributed by atoms with Crippen molar-refractivity contribution in [3.05, 3.63) is 59.9 Å². The van der Waals surface area contributed by atoms with Crippen LogP contribution in [0.25, 0.3) is 0 Å². The van der Waals surface area contributed by atoms with Crippen LogP contribution < -0.4 is 15.4 Å². The molecule has 0 bridgehead atoms. The number of carbonyl (C=O) groups is 1. The molecule has 8 heteroatoms. The smallest absolute Gasteiger partial charge is 0.261 e. The molecule has 1 aliphatic heterocycles. The molecular weight excluding hydrogens is 369 g/mol. The highest BCUT2D eigenvalue weighted by atomic mass is 32.2. The molecule has 1 aliphatic rings. The molecule has 27 heavy (non-hydrogen) atoms. The van der Waals surface area contributed by atoms with Gasteiger partial charge in [-0.15, -0.1) is 0 Å². The van der Waals surface area contributed by atoms with Gasteiger partial charge in [-0.1, -0.05) is 6.92 Å². The maximum Gasteiger partial charge on any atom is 0.261 e. The second kappa shape index (κ2) is 8.06. The zero-order chi connectivity index (χ0) is 19.4. The van der Waals surface area contributed by atoms with Crippen molar-refractivity contribution in [1.82, 2.24) is 10.6 Å². The summed E-state index contributed by atoms with van der Waals surface area (Å²) in [6.07, 6.45) is 1.01. The molecular formula is C19H22FN3O3S. The summed E-state index contributed by atoms with van der Waals surface area (Å²) < 4.78 is 40.0. The van der Waals surface area contributed by atoms with Crippen LogP contribution in [-0.2, 0) is 10.0 Å². The maximum atomic E-state index is 13.0. The van der Waals surface area contributed by atoms with Crippen LogP contribution >= 0.6 is 0 Å². The second-order valence-corrected chi connectivity index (χ2v) is 8.37. The van der Waals surface area contributed by atoms with Gasteiger partial charge in [0.1, 0.15) is 5.82 Å². The highest BCUT2D eigenvalue weighted by Crippen LogP contribution is 2.18. The van der Waals surface area contributed by atoms with E-state index in [0.29, 0.717) is 17.2 Å². The third-order valence-corrected chi connectivity index (χ3v) is 6.06. The van der Waals surface area contributed by atoms with Crippen LogP contribution in [0, 0.1) is 11.7 Å². The van der Waals surface area contributed by atoms with Gasteiger partial charge in [-0.05, 0) is 67.4 Å². The average Bonchev–Trinajstić information content (AvgIpc) is 2.64. The van der Waals surface area contributed by atoms with Gasteiger partial charge in [0.15, 0.2) is 0 Å². The Hall–Kier alpha value is -2.45. The van der Waals surface area contributed by atoms with E-state index < -0.39 is 15.8 Å². The minimum Gasteiger partial charge on any atom is -0.348 e. The molecule has 2 aromatic rings. The molecule has 0 saturated carbocycles. The zero-order valence-corrected chi connectivity index (χ0v) is 15.7. The molecule has 3 rings (SSSR count). The van der Waals surface area contributed by atoms with Crippen LogP contribution in [0.1, 0.15) is 23.7 Å². The van der Waals surface area contributed by atoms with E-state index in [1.807, 2.05) is 0 Å². The Labute approximate surface area is 158 Å². The third-order valence-electron chi connectivity index (χ3n) is 4.67. The number of sulfonamides is 1. The Morgan fingerprint density at radius 2 is 1.78 bits per heavy atom. The Bertz CT molecular complexity index is 899. The van der Waals surface area contributed by atoms with E-state index in [9.17, 15) is 17.6 Å². The first-order valence-corrected chi connectivity index (χ1v) is 10.2. The van der Waals surface area contributed by atoms with Gasteiger partial charge in [-0.3, -0.25) is 9.52 Å². The molecule has 1 fully saturated rings. The van der Waals surface area contributed by atoms with E-state index in [4.69, 9.17) is 0 Å². The summed E-state index contributed by atoms with van der Waals surface area (Å²) in [6.45, 7) is 3.80. The van der Waals surface area contributed by atoms with E-state index >= 15 is 0 Å². The molecule has 0 aromatic heterocycles. The summed E-state index contributed by atoms with van der Waals surface area (Å²) >= 11 is 0. The van der Waals surface area contributed by atoms with E-state index in [1.54, 1.807) is 12.1 Å². The lowest BCUT2D eigenvalue weighted by Gasteiger charge is -2.30. The lowest BCUT2D eigenvalue weighted by molar-refractivity contribution is 0.0915. The normalized spacial score (nSPS) is 20.1.